The Balaban J connectivity index is 0.000000134. The molecule has 8 heterocycles. The summed E-state index contributed by atoms with van der Waals surface area (Å²) in [5.41, 5.74) is 28.3. The summed E-state index contributed by atoms with van der Waals surface area (Å²) < 4.78 is 5.73. The molecular formula is C130H124N16O. The van der Waals surface area contributed by atoms with Crippen molar-refractivity contribution in [2.24, 2.45) is 0 Å². The summed E-state index contributed by atoms with van der Waals surface area (Å²) in [7, 11) is 0. The number of aryl methyl sites for hydroxylation is 5. The minimum atomic E-state index is 0.0783. The van der Waals surface area contributed by atoms with Crippen molar-refractivity contribution in [2.75, 3.05) is 6.61 Å². The quantitative estimate of drug-likeness (QED) is 0.0426. The largest absolute Gasteiger partial charge is 0.494 e. The fourth-order valence-electron chi connectivity index (χ4n) is 16.8. The first-order valence-corrected chi connectivity index (χ1v) is 51.2. The van der Waals surface area contributed by atoms with Gasteiger partial charge in [-0.05, 0) is 169 Å². The van der Waals surface area contributed by atoms with E-state index in [1.54, 1.807) is 0 Å². The summed E-state index contributed by atoms with van der Waals surface area (Å²) in [4.78, 5) is 77.2. The molecule has 8 aromatic heterocycles. The number of nitrogens with zero attached hydrogens (tertiary/aromatic N) is 16. The SMILES string of the molecule is CC(C)(C)c1ccc(-c2nc(-c3ccc(C(C)(C)C)cc3)nc(-c3ccc(-c4ccccc4)nc3)n2)cc1.CCCCc1ccc(-c2nc(-c3ccc(CCCC)cc3)nc(-c3ccc(-c4ccccc4)nc3)n2)cc1.CCCOc1ccc(-c2nc(-c3ccc(C)cc3)nc(-c3ccc(-c4ccccc4)nc3)n2)cc1.CCCc1ccc(-c2nc(-c3ccc(CCC)cc3)nc(-c3ccc(-c4ccccc4)nc3)n2)cc1. The van der Waals surface area contributed by atoms with E-state index in [0.717, 1.165) is 162 Å². The van der Waals surface area contributed by atoms with E-state index >= 15 is 0 Å². The Hall–Kier alpha value is -16.9. The zero-order chi connectivity index (χ0) is 102. The van der Waals surface area contributed by atoms with Gasteiger partial charge in [-0.25, -0.2) is 59.8 Å². The Morgan fingerprint density at radius 1 is 0.190 bits per heavy atom. The number of unbranched alkanes of at least 4 members (excludes halogenated alkanes) is 2. The lowest BCUT2D eigenvalue weighted by Gasteiger charge is -2.19. The Bertz CT molecular complexity index is 7400. The van der Waals surface area contributed by atoms with Crippen molar-refractivity contribution < 1.29 is 4.74 Å². The van der Waals surface area contributed by atoms with Crippen molar-refractivity contribution in [3.63, 3.8) is 0 Å². The van der Waals surface area contributed by atoms with Gasteiger partial charge in [-0.15, -0.1) is 0 Å². The van der Waals surface area contributed by atoms with Crippen LogP contribution in [0.2, 0.25) is 0 Å². The van der Waals surface area contributed by atoms with Crippen LogP contribution in [0.5, 0.6) is 5.75 Å². The lowest BCUT2D eigenvalue weighted by atomic mass is 9.86. The number of pyridine rings is 4. The van der Waals surface area contributed by atoms with Gasteiger partial charge in [0.15, 0.2) is 69.9 Å². The maximum atomic E-state index is 5.73. The van der Waals surface area contributed by atoms with Crippen LogP contribution in [0.4, 0.5) is 0 Å². The predicted molar refractivity (Wildman–Crippen MR) is 601 cm³/mol. The highest BCUT2D eigenvalue weighted by molar-refractivity contribution is 5.75. The van der Waals surface area contributed by atoms with Crippen molar-refractivity contribution in [3.8, 4) is 187 Å². The second kappa shape index (κ2) is 48.9. The van der Waals surface area contributed by atoms with E-state index in [1.165, 1.54) is 64.6 Å². The van der Waals surface area contributed by atoms with Gasteiger partial charge in [0, 0.05) is 114 Å². The molecule has 0 atom stereocenters. The van der Waals surface area contributed by atoms with Gasteiger partial charge in [-0.3, -0.25) is 19.9 Å². The topological polar surface area (TPSA) is 215 Å². The molecule has 20 aromatic rings. The van der Waals surface area contributed by atoms with E-state index in [-0.39, 0.29) is 10.8 Å². The van der Waals surface area contributed by atoms with Gasteiger partial charge in [0.1, 0.15) is 5.75 Å². The first-order valence-electron chi connectivity index (χ1n) is 51.2. The van der Waals surface area contributed by atoms with Crippen LogP contribution in [0.3, 0.4) is 0 Å². The molecule has 147 heavy (non-hydrogen) atoms. The van der Waals surface area contributed by atoms with Gasteiger partial charge < -0.3 is 4.74 Å². The summed E-state index contributed by atoms with van der Waals surface area (Å²) in [5, 5.41) is 0. The highest BCUT2D eigenvalue weighted by Crippen LogP contribution is 2.36. The van der Waals surface area contributed by atoms with Gasteiger partial charge in [0.25, 0.3) is 0 Å². The van der Waals surface area contributed by atoms with Gasteiger partial charge in [-0.2, -0.15) is 0 Å². The van der Waals surface area contributed by atoms with Crippen LogP contribution in [0.25, 0.3) is 182 Å². The molecule has 730 valence electrons. The zero-order valence-electron chi connectivity index (χ0n) is 86.0. The Morgan fingerprint density at radius 2 is 0.395 bits per heavy atom. The molecule has 17 nitrogen and oxygen atoms in total. The van der Waals surface area contributed by atoms with Crippen molar-refractivity contribution in [2.45, 2.75) is 165 Å². The molecule has 20 rings (SSSR count). The smallest absolute Gasteiger partial charge is 0.165 e. The maximum absolute atomic E-state index is 5.73. The average Bonchev–Trinajstić information content (AvgIpc) is 0.833. The summed E-state index contributed by atoms with van der Waals surface area (Å²) >= 11 is 0. The monoisotopic (exact) mass is 1930 g/mol. The van der Waals surface area contributed by atoms with Crippen molar-refractivity contribution in [3.05, 3.63) is 428 Å². The fraction of sp³-hybridized carbons (Fsp3) is 0.200. The third kappa shape index (κ3) is 27.2. The molecule has 0 saturated carbocycles. The molecule has 0 bridgehead atoms. The molecular weight excluding hydrogens is 1800 g/mol. The van der Waals surface area contributed by atoms with Gasteiger partial charge in [0.05, 0.1) is 29.4 Å². The standard InChI is InChI=1S/2C34H34N4.C32H30N4.C30H26N4O/c1-33(2,3)27-17-12-24(13-18-27)30-36-31(25-14-19-28(20-15-25)34(4,5)6)38-32(37-30)26-16-21-29(35-22-26)23-10-8-7-9-11-23;1-3-5-10-25-14-18-28(19-15-25)32-36-33(29-20-16-26(17-21-29)11-6-4-2)38-34(37-32)30-22-23-31(35-24-30)27-12-8-7-9-13-27;1-3-8-23-12-16-26(17-13-23)30-34-31(27-18-14-24(9-4-2)15-19-27)36-32(35-30)28-20-21-29(33-22-28)25-10-6-5-7-11-25;1-3-19-35-26-16-13-24(14-17-26)29-32-28(23-11-9-21(2)10-12-23)33-30(34-29)25-15-18-27(31-20-25)22-7-5-4-6-8-22/h7-22H,1-6H3;7-9,12-24H,3-6,10-11H2,1-2H3;5-7,10-22H,3-4,8-9H2,1-2H3;4-18,20H,3,19H2,1-2H3. The minimum Gasteiger partial charge on any atom is -0.494 e. The second-order valence-corrected chi connectivity index (χ2v) is 38.8. The molecule has 0 aliphatic rings. The van der Waals surface area contributed by atoms with Crippen LogP contribution in [-0.4, -0.2) is 86.4 Å². The lowest BCUT2D eigenvalue weighted by molar-refractivity contribution is 0.317. The molecule has 17 heteroatoms. The Kier molecular flexibility index (Phi) is 33.8. The molecule has 0 aliphatic heterocycles. The lowest BCUT2D eigenvalue weighted by Crippen LogP contribution is -2.10. The predicted octanol–water partition coefficient (Wildman–Crippen LogP) is 32.0. The van der Waals surface area contributed by atoms with Crippen LogP contribution < -0.4 is 4.74 Å². The van der Waals surface area contributed by atoms with Gasteiger partial charge in [0.2, 0.25) is 0 Å². The molecule has 0 spiro atoms. The number of benzene rings is 12. The third-order valence-corrected chi connectivity index (χ3v) is 25.4. The highest BCUT2D eigenvalue weighted by atomic mass is 16.5. The average molecular weight is 1930 g/mol. The molecule has 0 saturated heterocycles. The summed E-state index contributed by atoms with van der Waals surface area (Å²) in [6.45, 7) is 27.0. The molecule has 0 radical (unpaired) electrons. The van der Waals surface area contributed by atoms with Crippen LogP contribution >= 0.6 is 0 Å². The minimum absolute atomic E-state index is 0.0783. The summed E-state index contributed by atoms with van der Waals surface area (Å²) in [6.07, 6.45) is 19.7. The first-order chi connectivity index (χ1) is 71.7. The van der Waals surface area contributed by atoms with Crippen LogP contribution in [-0.2, 0) is 36.5 Å². The molecule has 0 aliphatic carbocycles. The zero-order valence-corrected chi connectivity index (χ0v) is 86.0. The number of rotatable bonds is 29. The van der Waals surface area contributed by atoms with E-state index in [0.29, 0.717) is 76.5 Å². The van der Waals surface area contributed by atoms with Crippen LogP contribution in [0.15, 0.2) is 389 Å². The maximum Gasteiger partial charge on any atom is 0.165 e. The summed E-state index contributed by atoms with van der Waals surface area (Å²) in [6, 6.07) is 124. The number of hydrogen-bond donors (Lipinski definition) is 0. The van der Waals surface area contributed by atoms with E-state index in [4.69, 9.17) is 79.5 Å². The normalized spacial score (nSPS) is 11.2. The van der Waals surface area contributed by atoms with Gasteiger partial charge in [-0.1, -0.05) is 399 Å². The molecule has 0 fully saturated rings. The van der Waals surface area contributed by atoms with Crippen molar-refractivity contribution in [1.29, 1.82) is 0 Å². The summed E-state index contributed by atoms with van der Waals surface area (Å²) in [5.74, 6) is 8.51. The number of hydrogen-bond acceptors (Lipinski definition) is 17. The van der Waals surface area contributed by atoms with E-state index in [9.17, 15) is 0 Å². The number of aromatic nitrogens is 16. The van der Waals surface area contributed by atoms with Gasteiger partial charge >= 0.3 is 0 Å². The molecule has 0 amide bonds. The Morgan fingerprint density at radius 3 is 0.599 bits per heavy atom. The molecule has 12 aromatic carbocycles. The number of ether oxygens (including phenoxy) is 1. The molecule has 0 unspecified atom stereocenters. The van der Waals surface area contributed by atoms with E-state index < -0.39 is 0 Å². The first kappa shape index (κ1) is 102. The van der Waals surface area contributed by atoms with Crippen LogP contribution in [0, 0.1) is 6.92 Å². The van der Waals surface area contributed by atoms with E-state index in [2.05, 4.69) is 282 Å². The Labute approximate surface area is 865 Å². The van der Waals surface area contributed by atoms with Crippen LogP contribution in [0.1, 0.15) is 160 Å². The second-order valence-electron chi connectivity index (χ2n) is 38.8. The third-order valence-electron chi connectivity index (χ3n) is 25.4. The van der Waals surface area contributed by atoms with E-state index in [1.807, 2.05) is 195 Å². The van der Waals surface area contributed by atoms with Crippen molar-refractivity contribution >= 4 is 0 Å². The highest BCUT2D eigenvalue weighted by Gasteiger charge is 2.23. The fourth-order valence-corrected chi connectivity index (χ4v) is 16.8. The molecule has 0 N–H and O–H groups in total. The van der Waals surface area contributed by atoms with Crippen molar-refractivity contribution in [1.82, 2.24) is 79.7 Å².